The molecule has 2 aromatic rings. The van der Waals surface area contributed by atoms with Crippen LogP contribution in [0.5, 0.6) is 0 Å². The van der Waals surface area contributed by atoms with E-state index in [0.29, 0.717) is 12.8 Å². The molecule has 35 heavy (non-hydrogen) atoms. The fraction of sp³-hybridized carbons (Fsp3) is 0.400. The fourth-order valence-corrected chi connectivity index (χ4v) is 5.17. The van der Waals surface area contributed by atoms with Gasteiger partial charge in [0.2, 0.25) is 21.8 Å². The van der Waals surface area contributed by atoms with Gasteiger partial charge in [0.15, 0.2) is 0 Å². The van der Waals surface area contributed by atoms with Gasteiger partial charge in [-0.05, 0) is 50.8 Å². The molecule has 9 nitrogen and oxygen atoms in total. The zero-order chi connectivity index (χ0) is 25.6. The Morgan fingerprint density at radius 3 is 2.20 bits per heavy atom. The summed E-state index contributed by atoms with van der Waals surface area (Å²) in [5, 5.41) is 11.5. The van der Waals surface area contributed by atoms with Crippen LogP contribution < -0.4 is 10.0 Å². The summed E-state index contributed by atoms with van der Waals surface area (Å²) < 4.78 is 28.7. The van der Waals surface area contributed by atoms with E-state index in [1.54, 1.807) is 17.0 Å². The Balaban J connectivity index is 1.72. The molecule has 10 heteroatoms. The predicted molar refractivity (Wildman–Crippen MR) is 130 cm³/mol. The first kappa shape index (κ1) is 26.4. The number of benzene rings is 2. The second-order valence-corrected chi connectivity index (χ2v) is 10.6. The maximum Gasteiger partial charge on any atom is 0.325 e. The van der Waals surface area contributed by atoms with E-state index in [4.69, 9.17) is 5.11 Å². The number of nitrogens with zero attached hydrogens (tertiary/aromatic N) is 1. The second kappa shape index (κ2) is 11.5. The first-order valence-electron chi connectivity index (χ1n) is 11.5. The van der Waals surface area contributed by atoms with E-state index in [0.717, 1.165) is 11.1 Å². The number of sulfonamides is 1. The van der Waals surface area contributed by atoms with Crippen molar-refractivity contribution in [3.8, 4) is 0 Å². The van der Waals surface area contributed by atoms with Crippen molar-refractivity contribution in [2.24, 2.45) is 5.92 Å². The molecule has 2 aromatic carbocycles. The number of hydrogen-bond donors (Lipinski definition) is 3. The molecular weight excluding hydrogens is 470 g/mol. The molecule has 1 saturated heterocycles. The van der Waals surface area contributed by atoms with Crippen LogP contribution in [0.3, 0.4) is 0 Å². The average molecular weight is 502 g/mol. The molecule has 0 aliphatic carbocycles. The number of aliphatic carboxylic acids is 1. The quantitative estimate of drug-likeness (QED) is 0.479. The van der Waals surface area contributed by atoms with Gasteiger partial charge in [0, 0.05) is 19.0 Å². The smallest absolute Gasteiger partial charge is 0.325 e. The third-order valence-corrected chi connectivity index (χ3v) is 7.60. The minimum absolute atomic E-state index is 0.0805. The van der Waals surface area contributed by atoms with E-state index in [2.05, 4.69) is 10.0 Å². The highest BCUT2D eigenvalue weighted by atomic mass is 32.2. The second-order valence-electron chi connectivity index (χ2n) is 8.84. The summed E-state index contributed by atoms with van der Waals surface area (Å²) >= 11 is 0. The molecule has 3 rings (SSSR count). The van der Waals surface area contributed by atoms with Gasteiger partial charge in [0.1, 0.15) is 12.1 Å². The van der Waals surface area contributed by atoms with E-state index in [1.165, 1.54) is 19.1 Å². The molecule has 1 fully saturated rings. The molecule has 0 unspecified atom stereocenters. The Hall–Kier alpha value is -3.24. The number of likely N-dealkylation sites (tertiary alicyclic amines) is 1. The number of aryl methyl sites for hydroxylation is 1. The lowest BCUT2D eigenvalue weighted by Crippen LogP contribution is -2.53. The van der Waals surface area contributed by atoms with Gasteiger partial charge < -0.3 is 15.3 Å². The molecule has 1 heterocycles. The minimum Gasteiger partial charge on any atom is -0.480 e. The van der Waals surface area contributed by atoms with E-state index < -0.39 is 34.0 Å². The summed E-state index contributed by atoms with van der Waals surface area (Å²) in [5.74, 6) is -2.23. The lowest BCUT2D eigenvalue weighted by atomic mass is 9.94. The Bertz CT molecular complexity index is 1140. The zero-order valence-corrected chi connectivity index (χ0v) is 20.6. The molecule has 0 radical (unpaired) electrons. The van der Waals surface area contributed by atoms with Crippen molar-refractivity contribution < 1.29 is 27.9 Å². The van der Waals surface area contributed by atoms with Crippen LogP contribution in [0.4, 0.5) is 0 Å². The van der Waals surface area contributed by atoms with Gasteiger partial charge in [-0.25, -0.2) is 8.42 Å². The molecular formula is C25H31N3O6S. The van der Waals surface area contributed by atoms with E-state index >= 15 is 0 Å². The zero-order valence-electron chi connectivity index (χ0n) is 19.8. The van der Waals surface area contributed by atoms with Gasteiger partial charge in [-0.3, -0.25) is 14.4 Å². The van der Waals surface area contributed by atoms with Gasteiger partial charge in [0.25, 0.3) is 0 Å². The van der Waals surface area contributed by atoms with E-state index in [1.807, 2.05) is 37.3 Å². The number of carboxylic acid groups (broad SMARTS) is 1. The Morgan fingerprint density at radius 1 is 1.03 bits per heavy atom. The number of rotatable bonds is 9. The number of carboxylic acids is 1. The lowest BCUT2D eigenvalue weighted by Gasteiger charge is -2.34. The summed E-state index contributed by atoms with van der Waals surface area (Å²) in [4.78, 5) is 38.4. The van der Waals surface area contributed by atoms with Gasteiger partial charge in [-0.2, -0.15) is 4.72 Å². The largest absolute Gasteiger partial charge is 0.480 e. The Kier molecular flexibility index (Phi) is 8.63. The Labute approximate surface area is 205 Å². The molecule has 188 valence electrons. The predicted octanol–water partition coefficient (Wildman–Crippen LogP) is 1.71. The van der Waals surface area contributed by atoms with E-state index in [9.17, 15) is 22.8 Å². The standard InChI is InChI=1S/C25H31N3O6S/c1-17-8-10-21(11-9-17)35(33,34)27-22(16-19-6-4-3-5-7-19)24(30)28-14-12-20(13-15-28)23(29)26-18(2)25(31)32/h3-11,18,20,22,27H,12-16H2,1-2H3,(H,26,29)(H,31,32)/t18-,22-/m0/s1. The molecule has 2 amide bonds. The minimum atomic E-state index is -3.94. The van der Waals surface area contributed by atoms with Gasteiger partial charge in [-0.1, -0.05) is 48.0 Å². The van der Waals surface area contributed by atoms with Gasteiger partial charge in [0.05, 0.1) is 4.90 Å². The monoisotopic (exact) mass is 501 g/mol. The van der Waals surface area contributed by atoms with Crippen LogP contribution in [0.1, 0.15) is 30.9 Å². The van der Waals surface area contributed by atoms with Crippen molar-refractivity contribution >= 4 is 27.8 Å². The van der Waals surface area contributed by atoms with Crippen LogP contribution in [0.25, 0.3) is 0 Å². The van der Waals surface area contributed by atoms with Crippen molar-refractivity contribution in [2.45, 2.75) is 50.1 Å². The topological polar surface area (TPSA) is 133 Å². The number of amides is 2. The van der Waals surface area contributed by atoms with Crippen LogP contribution in [-0.4, -0.2) is 61.4 Å². The van der Waals surface area contributed by atoms with Crippen molar-refractivity contribution in [3.63, 3.8) is 0 Å². The molecule has 3 N–H and O–H groups in total. The van der Waals surface area contributed by atoms with Crippen LogP contribution >= 0.6 is 0 Å². The molecule has 1 aliphatic rings. The summed E-state index contributed by atoms with van der Waals surface area (Å²) in [6, 6.07) is 13.6. The van der Waals surface area contributed by atoms with Crippen LogP contribution in [-0.2, 0) is 30.8 Å². The van der Waals surface area contributed by atoms with Crippen molar-refractivity contribution in [1.29, 1.82) is 0 Å². The van der Waals surface area contributed by atoms with Crippen LogP contribution in [0.2, 0.25) is 0 Å². The number of hydrogen-bond acceptors (Lipinski definition) is 5. The average Bonchev–Trinajstić information content (AvgIpc) is 2.84. The number of carbonyl (C=O) groups is 3. The van der Waals surface area contributed by atoms with Crippen molar-refractivity contribution in [2.75, 3.05) is 13.1 Å². The lowest BCUT2D eigenvalue weighted by molar-refractivity contribution is -0.142. The summed E-state index contributed by atoms with van der Waals surface area (Å²) in [6.07, 6.45) is 0.917. The summed E-state index contributed by atoms with van der Waals surface area (Å²) in [6.45, 7) is 3.80. The molecule has 0 spiro atoms. The van der Waals surface area contributed by atoms with Crippen LogP contribution in [0, 0.1) is 12.8 Å². The van der Waals surface area contributed by atoms with E-state index in [-0.39, 0.29) is 36.2 Å². The molecule has 1 aliphatic heterocycles. The SMILES string of the molecule is Cc1ccc(S(=O)(=O)N[C@@H](Cc2ccccc2)C(=O)N2CCC(C(=O)N[C@@H](C)C(=O)O)CC2)cc1. The molecule has 0 saturated carbocycles. The first-order chi connectivity index (χ1) is 16.6. The van der Waals surface area contributed by atoms with Crippen molar-refractivity contribution in [3.05, 3.63) is 65.7 Å². The number of carbonyl (C=O) groups excluding carboxylic acids is 2. The third-order valence-electron chi connectivity index (χ3n) is 6.12. The highest BCUT2D eigenvalue weighted by Gasteiger charge is 2.34. The Morgan fingerprint density at radius 2 is 1.63 bits per heavy atom. The molecule has 0 bridgehead atoms. The van der Waals surface area contributed by atoms with Crippen LogP contribution in [0.15, 0.2) is 59.5 Å². The normalized spacial score (nSPS) is 16.3. The number of piperidine rings is 1. The summed E-state index contributed by atoms with van der Waals surface area (Å²) in [5.41, 5.74) is 1.74. The maximum atomic E-state index is 13.4. The highest BCUT2D eigenvalue weighted by Crippen LogP contribution is 2.20. The van der Waals surface area contributed by atoms with Gasteiger partial charge in [-0.15, -0.1) is 0 Å². The molecule has 0 aromatic heterocycles. The van der Waals surface area contributed by atoms with Crippen molar-refractivity contribution in [1.82, 2.24) is 14.9 Å². The van der Waals surface area contributed by atoms with Gasteiger partial charge >= 0.3 is 5.97 Å². The highest BCUT2D eigenvalue weighted by molar-refractivity contribution is 7.89. The first-order valence-corrected chi connectivity index (χ1v) is 13.0. The molecule has 2 atom stereocenters. The fourth-order valence-electron chi connectivity index (χ4n) is 3.98. The summed E-state index contributed by atoms with van der Waals surface area (Å²) in [7, 11) is -3.94. The maximum absolute atomic E-state index is 13.4. The third kappa shape index (κ3) is 7.12. The number of nitrogens with one attached hydrogen (secondary N) is 2.